The van der Waals surface area contributed by atoms with E-state index in [0.29, 0.717) is 17.4 Å². The number of rotatable bonds is 5. The number of hydrogen-bond donors (Lipinski definition) is 2. The maximum absolute atomic E-state index is 6.17. The first-order chi connectivity index (χ1) is 7.90. The van der Waals surface area contributed by atoms with Crippen LogP contribution in [0.3, 0.4) is 0 Å². The maximum atomic E-state index is 6.17. The van der Waals surface area contributed by atoms with E-state index in [9.17, 15) is 0 Å². The van der Waals surface area contributed by atoms with Crippen molar-refractivity contribution in [2.75, 3.05) is 13.7 Å². The topological polar surface area (TPSA) is 47.3 Å². The highest BCUT2D eigenvalue weighted by Crippen LogP contribution is 2.31. The number of ether oxygens (including phenoxy) is 1. The Labute approximate surface area is 108 Å². The third-order valence-corrected chi connectivity index (χ3v) is 2.92. The van der Waals surface area contributed by atoms with Crippen molar-refractivity contribution in [1.29, 1.82) is 0 Å². The molecule has 0 aliphatic rings. The third-order valence-electron chi connectivity index (χ3n) is 2.62. The second kappa shape index (κ2) is 5.71. The predicted molar refractivity (Wildman–Crippen MR) is 72.7 cm³/mol. The van der Waals surface area contributed by atoms with Gasteiger partial charge in [0.05, 0.1) is 11.6 Å². The molecule has 1 aromatic rings. The van der Waals surface area contributed by atoms with Gasteiger partial charge >= 0.3 is 0 Å². The Morgan fingerprint density at radius 2 is 2.12 bits per heavy atom. The second-order valence-corrected chi connectivity index (χ2v) is 5.07. The van der Waals surface area contributed by atoms with Crippen LogP contribution in [0.2, 0.25) is 5.02 Å². The van der Waals surface area contributed by atoms with Crippen LogP contribution in [0.4, 0.5) is 0 Å². The van der Waals surface area contributed by atoms with Crippen molar-refractivity contribution in [3.63, 3.8) is 0 Å². The zero-order valence-corrected chi connectivity index (χ0v) is 11.6. The van der Waals surface area contributed by atoms with E-state index in [1.807, 2.05) is 46.0 Å². The van der Waals surface area contributed by atoms with Crippen LogP contribution in [0.1, 0.15) is 32.4 Å². The van der Waals surface area contributed by atoms with E-state index < -0.39 is 0 Å². The molecular weight excluding hydrogens is 236 g/mol. The molecule has 0 fully saturated rings. The van der Waals surface area contributed by atoms with E-state index in [2.05, 4.69) is 5.32 Å². The average molecular weight is 257 g/mol. The minimum absolute atomic E-state index is 0.0516. The number of halogens is 1. The lowest BCUT2D eigenvalue weighted by molar-refractivity contribution is 0.339. The largest absolute Gasteiger partial charge is 0.492 e. The van der Waals surface area contributed by atoms with Crippen molar-refractivity contribution in [3.05, 3.63) is 28.8 Å². The number of nitrogens with two attached hydrogens (primary N) is 1. The Hall–Kier alpha value is -0.770. The molecule has 0 radical (unpaired) electrons. The summed E-state index contributed by atoms with van der Waals surface area (Å²) < 4.78 is 5.41. The van der Waals surface area contributed by atoms with E-state index in [-0.39, 0.29) is 11.6 Å². The normalized spacial score (nSPS) is 13.5. The molecule has 0 spiro atoms. The minimum atomic E-state index is -0.356. The van der Waals surface area contributed by atoms with Gasteiger partial charge in [0.15, 0.2) is 0 Å². The highest BCUT2D eigenvalue weighted by atomic mass is 35.5. The summed E-state index contributed by atoms with van der Waals surface area (Å²) in [4.78, 5) is 0. The van der Waals surface area contributed by atoms with E-state index in [1.54, 1.807) is 0 Å². The molecule has 17 heavy (non-hydrogen) atoms. The standard InChI is InChI=1S/C13H21ClN2O/c1-5-17-11-7-6-9(8-10(11)14)12(16-4)13(2,3)15/h6-8,12,16H,5,15H2,1-4H3. The molecule has 1 unspecified atom stereocenters. The van der Waals surface area contributed by atoms with Gasteiger partial charge < -0.3 is 15.8 Å². The zero-order valence-electron chi connectivity index (χ0n) is 10.9. The van der Waals surface area contributed by atoms with Gasteiger partial charge in [-0.2, -0.15) is 0 Å². The van der Waals surface area contributed by atoms with Crippen molar-refractivity contribution in [1.82, 2.24) is 5.32 Å². The molecule has 0 aliphatic heterocycles. The monoisotopic (exact) mass is 256 g/mol. The minimum Gasteiger partial charge on any atom is -0.492 e. The van der Waals surface area contributed by atoms with Gasteiger partial charge in [0.25, 0.3) is 0 Å². The van der Waals surface area contributed by atoms with Gasteiger partial charge in [-0.05, 0) is 45.5 Å². The number of benzene rings is 1. The van der Waals surface area contributed by atoms with Crippen LogP contribution in [0.5, 0.6) is 5.75 Å². The van der Waals surface area contributed by atoms with E-state index in [0.717, 1.165) is 5.56 Å². The van der Waals surface area contributed by atoms with Crippen LogP contribution in [-0.2, 0) is 0 Å². The van der Waals surface area contributed by atoms with Crippen molar-refractivity contribution in [2.24, 2.45) is 5.73 Å². The summed E-state index contributed by atoms with van der Waals surface area (Å²) in [5.41, 5.74) is 6.84. The lowest BCUT2D eigenvalue weighted by atomic mass is 9.90. The summed E-state index contributed by atoms with van der Waals surface area (Å²) in [5.74, 6) is 0.711. The van der Waals surface area contributed by atoms with E-state index >= 15 is 0 Å². The predicted octanol–water partition coefficient (Wildman–Crippen LogP) is 2.74. The van der Waals surface area contributed by atoms with Gasteiger partial charge in [0, 0.05) is 11.6 Å². The van der Waals surface area contributed by atoms with Crippen LogP contribution in [0.25, 0.3) is 0 Å². The number of likely N-dealkylation sites (N-methyl/N-ethyl adjacent to an activating group) is 1. The maximum Gasteiger partial charge on any atom is 0.137 e. The quantitative estimate of drug-likeness (QED) is 0.852. The number of nitrogens with one attached hydrogen (secondary N) is 1. The van der Waals surface area contributed by atoms with Gasteiger partial charge in [0.2, 0.25) is 0 Å². The molecule has 3 N–H and O–H groups in total. The second-order valence-electron chi connectivity index (χ2n) is 4.67. The average Bonchev–Trinajstić information content (AvgIpc) is 2.21. The van der Waals surface area contributed by atoms with Gasteiger partial charge in [0.1, 0.15) is 5.75 Å². The van der Waals surface area contributed by atoms with Gasteiger partial charge in [-0.3, -0.25) is 0 Å². The van der Waals surface area contributed by atoms with Crippen molar-refractivity contribution >= 4 is 11.6 Å². The summed E-state index contributed by atoms with van der Waals surface area (Å²) in [6.07, 6.45) is 0. The van der Waals surface area contributed by atoms with Crippen LogP contribution < -0.4 is 15.8 Å². The Morgan fingerprint density at radius 1 is 1.47 bits per heavy atom. The lowest BCUT2D eigenvalue weighted by Crippen LogP contribution is -2.45. The van der Waals surface area contributed by atoms with Crippen LogP contribution >= 0.6 is 11.6 Å². The molecule has 1 atom stereocenters. The van der Waals surface area contributed by atoms with E-state index in [1.165, 1.54) is 0 Å². The van der Waals surface area contributed by atoms with Crippen molar-refractivity contribution < 1.29 is 4.74 Å². The summed E-state index contributed by atoms with van der Waals surface area (Å²) in [5, 5.41) is 3.83. The number of hydrogen-bond acceptors (Lipinski definition) is 3. The van der Waals surface area contributed by atoms with Crippen molar-refractivity contribution in [2.45, 2.75) is 32.4 Å². The fourth-order valence-electron chi connectivity index (χ4n) is 1.94. The molecule has 0 aliphatic carbocycles. The van der Waals surface area contributed by atoms with Gasteiger partial charge in [-0.1, -0.05) is 17.7 Å². The molecule has 4 heteroatoms. The molecule has 0 heterocycles. The summed E-state index contributed by atoms with van der Waals surface area (Å²) >= 11 is 6.17. The molecular formula is C13H21ClN2O. The zero-order chi connectivity index (χ0) is 13.1. The molecule has 0 amide bonds. The Bertz CT molecular complexity index is 374. The van der Waals surface area contributed by atoms with Crippen LogP contribution in [0, 0.1) is 0 Å². The lowest BCUT2D eigenvalue weighted by Gasteiger charge is -2.31. The van der Waals surface area contributed by atoms with Gasteiger partial charge in [-0.25, -0.2) is 0 Å². The van der Waals surface area contributed by atoms with Crippen LogP contribution in [-0.4, -0.2) is 19.2 Å². The molecule has 3 nitrogen and oxygen atoms in total. The Balaban J connectivity index is 3.03. The molecule has 96 valence electrons. The smallest absolute Gasteiger partial charge is 0.137 e. The fourth-order valence-corrected chi connectivity index (χ4v) is 2.18. The highest BCUT2D eigenvalue weighted by Gasteiger charge is 2.25. The molecule has 0 saturated heterocycles. The first kappa shape index (κ1) is 14.3. The summed E-state index contributed by atoms with van der Waals surface area (Å²) in [7, 11) is 1.89. The molecule has 0 bridgehead atoms. The first-order valence-electron chi connectivity index (χ1n) is 5.78. The van der Waals surface area contributed by atoms with Crippen LogP contribution in [0.15, 0.2) is 18.2 Å². The SMILES string of the molecule is CCOc1ccc(C(NC)C(C)(C)N)cc1Cl. The summed E-state index contributed by atoms with van der Waals surface area (Å²) in [6, 6.07) is 5.84. The Morgan fingerprint density at radius 3 is 2.53 bits per heavy atom. The van der Waals surface area contributed by atoms with E-state index in [4.69, 9.17) is 22.1 Å². The highest BCUT2D eigenvalue weighted by molar-refractivity contribution is 6.32. The van der Waals surface area contributed by atoms with Gasteiger partial charge in [-0.15, -0.1) is 0 Å². The Kier molecular flexibility index (Phi) is 4.80. The molecule has 1 aromatic carbocycles. The third kappa shape index (κ3) is 3.60. The fraction of sp³-hybridized carbons (Fsp3) is 0.538. The molecule has 0 aromatic heterocycles. The summed E-state index contributed by atoms with van der Waals surface area (Å²) in [6.45, 7) is 6.51. The molecule has 0 saturated carbocycles. The first-order valence-corrected chi connectivity index (χ1v) is 6.16. The van der Waals surface area contributed by atoms with Crippen molar-refractivity contribution in [3.8, 4) is 5.75 Å². The molecule has 1 rings (SSSR count).